The summed E-state index contributed by atoms with van der Waals surface area (Å²) in [6.07, 6.45) is 1.70. The lowest BCUT2D eigenvalue weighted by molar-refractivity contribution is 0.0858. The maximum absolute atomic E-state index is 13.8. The SMILES string of the molecule is O=C(NC[C@H]1CCCO1)c1ccccc1NS(=O)(=O)c1cc(F)ccc1F. The van der Waals surface area contributed by atoms with Crippen molar-refractivity contribution in [3.63, 3.8) is 0 Å². The fourth-order valence-corrected chi connectivity index (χ4v) is 3.93. The zero-order valence-electron chi connectivity index (χ0n) is 14.2. The first-order valence-electron chi connectivity index (χ1n) is 8.33. The molecule has 1 fully saturated rings. The molecule has 144 valence electrons. The van der Waals surface area contributed by atoms with E-state index < -0.39 is 32.5 Å². The van der Waals surface area contributed by atoms with Gasteiger partial charge in [-0.3, -0.25) is 9.52 Å². The monoisotopic (exact) mass is 396 g/mol. The van der Waals surface area contributed by atoms with E-state index in [1.807, 2.05) is 0 Å². The van der Waals surface area contributed by atoms with E-state index in [1.165, 1.54) is 18.2 Å². The summed E-state index contributed by atoms with van der Waals surface area (Å²) >= 11 is 0. The van der Waals surface area contributed by atoms with Gasteiger partial charge in [-0.25, -0.2) is 17.2 Å². The van der Waals surface area contributed by atoms with Crippen LogP contribution in [0, 0.1) is 11.6 Å². The van der Waals surface area contributed by atoms with Gasteiger partial charge in [0, 0.05) is 13.2 Å². The Morgan fingerprint density at radius 1 is 1.19 bits per heavy atom. The first-order valence-corrected chi connectivity index (χ1v) is 9.82. The third-order valence-corrected chi connectivity index (χ3v) is 5.49. The molecule has 0 aromatic heterocycles. The summed E-state index contributed by atoms with van der Waals surface area (Å²) in [7, 11) is -4.42. The van der Waals surface area contributed by atoms with Crippen LogP contribution >= 0.6 is 0 Å². The Hall–Kier alpha value is -2.52. The van der Waals surface area contributed by atoms with Gasteiger partial charge >= 0.3 is 0 Å². The maximum atomic E-state index is 13.8. The molecule has 6 nitrogen and oxygen atoms in total. The molecule has 1 atom stereocenters. The molecule has 2 aromatic carbocycles. The molecule has 1 heterocycles. The number of hydrogen-bond acceptors (Lipinski definition) is 4. The smallest absolute Gasteiger partial charge is 0.264 e. The summed E-state index contributed by atoms with van der Waals surface area (Å²) in [4.78, 5) is 11.6. The zero-order valence-corrected chi connectivity index (χ0v) is 15.1. The van der Waals surface area contributed by atoms with Crippen molar-refractivity contribution in [2.24, 2.45) is 0 Å². The number of carbonyl (C=O) groups is 1. The average Bonchev–Trinajstić information content (AvgIpc) is 3.15. The van der Waals surface area contributed by atoms with Crippen LogP contribution in [0.1, 0.15) is 23.2 Å². The zero-order chi connectivity index (χ0) is 19.4. The maximum Gasteiger partial charge on any atom is 0.264 e. The van der Waals surface area contributed by atoms with Gasteiger partial charge in [-0.2, -0.15) is 0 Å². The summed E-state index contributed by atoms with van der Waals surface area (Å²) in [6, 6.07) is 8.03. The Bertz CT molecular complexity index is 944. The van der Waals surface area contributed by atoms with E-state index in [9.17, 15) is 22.0 Å². The standard InChI is InChI=1S/C18H18F2N2O4S/c19-12-7-8-15(20)17(10-12)27(24,25)22-16-6-2-1-5-14(16)18(23)21-11-13-4-3-9-26-13/h1-2,5-8,10,13,22H,3-4,9,11H2,(H,21,23)/t13-/m1/s1. The largest absolute Gasteiger partial charge is 0.376 e. The summed E-state index contributed by atoms with van der Waals surface area (Å²) in [5.41, 5.74) is 0.0295. The minimum Gasteiger partial charge on any atom is -0.376 e. The van der Waals surface area contributed by atoms with Crippen LogP contribution < -0.4 is 10.0 Å². The minimum absolute atomic E-state index is 0.0361. The Labute approximate surface area is 155 Å². The Morgan fingerprint density at radius 3 is 2.70 bits per heavy atom. The van der Waals surface area contributed by atoms with Crippen LogP contribution in [-0.2, 0) is 14.8 Å². The highest BCUT2D eigenvalue weighted by Gasteiger charge is 2.23. The van der Waals surface area contributed by atoms with E-state index in [0.29, 0.717) is 19.2 Å². The number of amides is 1. The number of halogens is 2. The number of hydrogen-bond donors (Lipinski definition) is 2. The second-order valence-corrected chi connectivity index (χ2v) is 7.72. The molecule has 1 saturated heterocycles. The predicted octanol–water partition coefficient (Wildman–Crippen LogP) is 2.67. The average molecular weight is 396 g/mol. The highest BCUT2D eigenvalue weighted by Crippen LogP contribution is 2.22. The predicted molar refractivity (Wildman–Crippen MR) is 94.9 cm³/mol. The number of anilines is 1. The van der Waals surface area contributed by atoms with Gasteiger partial charge in [0.05, 0.1) is 17.4 Å². The van der Waals surface area contributed by atoms with Crippen molar-refractivity contribution >= 4 is 21.6 Å². The van der Waals surface area contributed by atoms with Crippen LogP contribution in [0.2, 0.25) is 0 Å². The number of ether oxygens (including phenoxy) is 1. The van der Waals surface area contributed by atoms with Gasteiger partial charge in [0.2, 0.25) is 0 Å². The lowest BCUT2D eigenvalue weighted by Crippen LogP contribution is -2.32. The van der Waals surface area contributed by atoms with Crippen molar-refractivity contribution < 1.29 is 26.7 Å². The first kappa shape index (κ1) is 19.2. The molecule has 0 spiro atoms. The molecule has 1 aliphatic rings. The third kappa shape index (κ3) is 4.61. The van der Waals surface area contributed by atoms with Gasteiger partial charge < -0.3 is 10.1 Å². The van der Waals surface area contributed by atoms with Crippen LogP contribution in [0.5, 0.6) is 0 Å². The molecular weight excluding hydrogens is 378 g/mol. The fourth-order valence-electron chi connectivity index (χ4n) is 2.76. The van der Waals surface area contributed by atoms with Crippen molar-refractivity contribution in [2.75, 3.05) is 17.9 Å². The van der Waals surface area contributed by atoms with Gasteiger partial charge in [0.15, 0.2) is 0 Å². The molecule has 0 bridgehead atoms. The first-order chi connectivity index (χ1) is 12.9. The van der Waals surface area contributed by atoms with Gasteiger partial charge in [-0.05, 0) is 43.2 Å². The van der Waals surface area contributed by atoms with E-state index >= 15 is 0 Å². The fraction of sp³-hybridized carbons (Fsp3) is 0.278. The molecule has 2 aromatic rings. The van der Waals surface area contributed by atoms with E-state index in [-0.39, 0.29) is 17.4 Å². The van der Waals surface area contributed by atoms with Crippen molar-refractivity contribution in [1.82, 2.24) is 5.32 Å². The minimum atomic E-state index is -4.42. The number of nitrogens with one attached hydrogen (secondary N) is 2. The lowest BCUT2D eigenvalue weighted by atomic mass is 10.1. The Kier molecular flexibility index (Phi) is 5.71. The molecule has 27 heavy (non-hydrogen) atoms. The molecule has 3 rings (SSSR count). The third-order valence-electron chi connectivity index (χ3n) is 4.11. The molecule has 1 amide bonds. The number of para-hydroxylation sites is 1. The van der Waals surface area contributed by atoms with Crippen molar-refractivity contribution in [3.05, 3.63) is 59.7 Å². The summed E-state index contributed by atoms with van der Waals surface area (Å²) < 4.78 is 59.7. The quantitative estimate of drug-likeness (QED) is 0.786. The van der Waals surface area contributed by atoms with Crippen molar-refractivity contribution in [3.8, 4) is 0 Å². The molecule has 0 unspecified atom stereocenters. The van der Waals surface area contributed by atoms with E-state index in [2.05, 4.69) is 10.0 Å². The van der Waals surface area contributed by atoms with E-state index in [4.69, 9.17) is 4.74 Å². The highest BCUT2D eigenvalue weighted by atomic mass is 32.2. The molecule has 0 aliphatic carbocycles. The molecule has 9 heteroatoms. The summed E-state index contributed by atoms with van der Waals surface area (Å²) in [5.74, 6) is -2.48. The van der Waals surface area contributed by atoms with Crippen molar-refractivity contribution in [1.29, 1.82) is 0 Å². The number of sulfonamides is 1. The second-order valence-electron chi connectivity index (χ2n) is 6.07. The van der Waals surface area contributed by atoms with Crippen LogP contribution in [0.3, 0.4) is 0 Å². The highest BCUT2D eigenvalue weighted by molar-refractivity contribution is 7.92. The van der Waals surface area contributed by atoms with Crippen LogP contribution in [-0.4, -0.2) is 33.6 Å². The molecule has 2 N–H and O–H groups in total. The van der Waals surface area contributed by atoms with Crippen LogP contribution in [0.15, 0.2) is 47.4 Å². The van der Waals surface area contributed by atoms with E-state index in [1.54, 1.807) is 6.07 Å². The van der Waals surface area contributed by atoms with Gasteiger partial charge in [-0.15, -0.1) is 0 Å². The lowest BCUT2D eigenvalue weighted by Gasteiger charge is -2.14. The summed E-state index contributed by atoms with van der Waals surface area (Å²) in [6.45, 7) is 0.953. The van der Waals surface area contributed by atoms with Crippen LogP contribution in [0.4, 0.5) is 14.5 Å². The van der Waals surface area contributed by atoms with E-state index in [0.717, 1.165) is 25.0 Å². The molecule has 0 radical (unpaired) electrons. The molecule has 1 aliphatic heterocycles. The van der Waals surface area contributed by atoms with Gasteiger partial charge in [0.25, 0.3) is 15.9 Å². The number of carbonyl (C=O) groups excluding carboxylic acids is 1. The van der Waals surface area contributed by atoms with Crippen molar-refractivity contribution in [2.45, 2.75) is 23.8 Å². The normalized spacial score (nSPS) is 16.9. The molecular formula is C18H18F2N2O4S. The topological polar surface area (TPSA) is 84.5 Å². The van der Waals surface area contributed by atoms with Crippen LogP contribution in [0.25, 0.3) is 0 Å². The Balaban J connectivity index is 1.80. The Morgan fingerprint density at radius 2 is 1.96 bits per heavy atom. The number of rotatable bonds is 6. The number of benzene rings is 2. The molecule has 0 saturated carbocycles. The second kappa shape index (κ2) is 8.01. The summed E-state index contributed by atoms with van der Waals surface area (Å²) in [5, 5.41) is 2.69. The van der Waals surface area contributed by atoms with Gasteiger partial charge in [0.1, 0.15) is 16.5 Å². The van der Waals surface area contributed by atoms with Gasteiger partial charge in [-0.1, -0.05) is 12.1 Å².